The van der Waals surface area contributed by atoms with Crippen LogP contribution in [0.1, 0.15) is 15.2 Å². The van der Waals surface area contributed by atoms with Gasteiger partial charge in [0, 0.05) is 23.6 Å². The van der Waals surface area contributed by atoms with Crippen LogP contribution in [0.5, 0.6) is 0 Å². The zero-order valence-electron chi connectivity index (χ0n) is 14.5. The van der Waals surface area contributed by atoms with Crippen molar-refractivity contribution >= 4 is 63.5 Å². The summed E-state index contributed by atoms with van der Waals surface area (Å²) in [5, 5.41) is 8.16. The van der Waals surface area contributed by atoms with Crippen LogP contribution in [0.15, 0.2) is 53.9 Å². The van der Waals surface area contributed by atoms with Gasteiger partial charge in [0.05, 0.1) is 14.9 Å². The molecule has 0 radical (unpaired) electrons. The fourth-order valence-electron chi connectivity index (χ4n) is 3.07. The second-order valence-electron chi connectivity index (χ2n) is 6.24. The van der Waals surface area contributed by atoms with Gasteiger partial charge in [-0.1, -0.05) is 35.3 Å². The van der Waals surface area contributed by atoms with Gasteiger partial charge in [0.15, 0.2) is 0 Å². The zero-order valence-corrected chi connectivity index (χ0v) is 16.9. The largest absolute Gasteiger partial charge is 0.323 e. The van der Waals surface area contributed by atoms with Gasteiger partial charge in [-0.15, -0.1) is 11.3 Å². The molecule has 2 heterocycles. The first-order valence-corrected chi connectivity index (χ1v) is 10.2. The average Bonchev–Trinajstić information content (AvgIpc) is 3.34. The van der Waals surface area contributed by atoms with Crippen LogP contribution in [0.2, 0.25) is 10.0 Å². The van der Waals surface area contributed by atoms with Crippen molar-refractivity contribution < 1.29 is 9.59 Å². The first kappa shape index (κ1) is 18.8. The van der Waals surface area contributed by atoms with Crippen LogP contribution in [0.4, 0.5) is 21.9 Å². The summed E-state index contributed by atoms with van der Waals surface area (Å²) in [6.07, 6.45) is 0.794. The minimum atomic E-state index is -0.410. The summed E-state index contributed by atoms with van der Waals surface area (Å²) in [5.74, 6) is -0.0221. The lowest BCUT2D eigenvalue weighted by atomic mass is 10.1. The molecule has 2 aromatic carbocycles. The van der Waals surface area contributed by atoms with E-state index < -0.39 is 6.03 Å². The van der Waals surface area contributed by atoms with Crippen molar-refractivity contribution in [1.29, 1.82) is 0 Å². The maximum Gasteiger partial charge on any atom is 0.323 e. The van der Waals surface area contributed by atoms with E-state index in [-0.39, 0.29) is 5.91 Å². The molecule has 0 bridgehead atoms. The SMILES string of the molecule is O=C(Nc1ccc(Cl)c(Cl)c1)Nc1ccc2c(c1)N(C(=O)c1cccs1)CC2. The van der Waals surface area contributed by atoms with E-state index in [2.05, 4.69) is 10.6 Å². The van der Waals surface area contributed by atoms with Gasteiger partial charge < -0.3 is 15.5 Å². The summed E-state index contributed by atoms with van der Waals surface area (Å²) in [6.45, 7) is 0.630. The van der Waals surface area contributed by atoms with E-state index in [1.807, 2.05) is 35.7 Å². The molecule has 0 atom stereocenters. The molecular weight excluding hydrogens is 417 g/mol. The Morgan fingerprint density at radius 3 is 2.43 bits per heavy atom. The first-order chi connectivity index (χ1) is 13.5. The number of nitrogens with one attached hydrogen (secondary N) is 2. The third kappa shape index (κ3) is 3.85. The summed E-state index contributed by atoms with van der Waals surface area (Å²) in [5.41, 5.74) is 3.04. The number of thiophene rings is 1. The number of anilines is 3. The van der Waals surface area contributed by atoms with Gasteiger partial charge in [-0.05, 0) is 53.8 Å². The van der Waals surface area contributed by atoms with Crippen LogP contribution in [-0.4, -0.2) is 18.5 Å². The number of carbonyl (C=O) groups is 2. The number of nitrogens with zero attached hydrogens (tertiary/aromatic N) is 1. The predicted molar refractivity (Wildman–Crippen MR) is 115 cm³/mol. The normalized spacial score (nSPS) is 12.6. The van der Waals surface area contributed by atoms with Crippen molar-refractivity contribution in [3.8, 4) is 0 Å². The summed E-state index contributed by atoms with van der Waals surface area (Å²) < 4.78 is 0. The number of carbonyl (C=O) groups excluding carboxylic acids is 2. The van der Waals surface area contributed by atoms with Gasteiger partial charge in [-0.25, -0.2) is 4.79 Å². The number of rotatable bonds is 3. The average molecular weight is 432 g/mol. The highest BCUT2D eigenvalue weighted by Gasteiger charge is 2.26. The molecule has 0 saturated carbocycles. The fraction of sp³-hybridized carbons (Fsp3) is 0.100. The summed E-state index contributed by atoms with van der Waals surface area (Å²) in [6, 6.07) is 13.7. The van der Waals surface area contributed by atoms with Gasteiger partial charge >= 0.3 is 6.03 Å². The highest BCUT2D eigenvalue weighted by atomic mass is 35.5. The molecule has 0 fully saturated rings. The Balaban J connectivity index is 1.49. The van der Waals surface area contributed by atoms with Crippen molar-refractivity contribution in [2.24, 2.45) is 0 Å². The van der Waals surface area contributed by atoms with E-state index in [4.69, 9.17) is 23.2 Å². The molecule has 0 saturated heterocycles. The van der Waals surface area contributed by atoms with E-state index in [9.17, 15) is 9.59 Å². The Bertz CT molecular complexity index is 1050. The van der Waals surface area contributed by atoms with Crippen molar-refractivity contribution in [3.05, 3.63) is 74.4 Å². The molecule has 142 valence electrons. The lowest BCUT2D eigenvalue weighted by Gasteiger charge is -2.17. The molecule has 5 nitrogen and oxygen atoms in total. The van der Waals surface area contributed by atoms with Gasteiger partial charge in [-0.3, -0.25) is 4.79 Å². The van der Waals surface area contributed by atoms with Gasteiger partial charge in [0.25, 0.3) is 5.91 Å². The summed E-state index contributed by atoms with van der Waals surface area (Å²) in [4.78, 5) is 27.5. The number of hydrogen-bond acceptors (Lipinski definition) is 3. The molecule has 0 spiro atoms. The minimum Gasteiger partial charge on any atom is -0.308 e. The highest BCUT2D eigenvalue weighted by molar-refractivity contribution is 7.12. The van der Waals surface area contributed by atoms with Crippen LogP contribution in [0, 0.1) is 0 Å². The molecule has 3 aromatic rings. The Morgan fingerprint density at radius 1 is 0.964 bits per heavy atom. The third-order valence-corrected chi connectivity index (χ3v) is 5.99. The predicted octanol–water partition coefficient (Wildman–Crippen LogP) is 5.90. The van der Waals surface area contributed by atoms with Crippen molar-refractivity contribution in [2.45, 2.75) is 6.42 Å². The molecule has 28 heavy (non-hydrogen) atoms. The number of urea groups is 1. The number of benzene rings is 2. The molecule has 8 heteroatoms. The molecular formula is C20H15Cl2N3O2S. The van der Waals surface area contributed by atoms with Crippen LogP contribution in [-0.2, 0) is 6.42 Å². The molecule has 1 aromatic heterocycles. The quantitative estimate of drug-likeness (QED) is 0.541. The zero-order chi connectivity index (χ0) is 19.7. The Labute approximate surface area is 175 Å². The Hall–Kier alpha value is -2.54. The second kappa shape index (κ2) is 7.83. The van der Waals surface area contributed by atoms with E-state index in [0.29, 0.717) is 32.8 Å². The number of hydrogen-bond donors (Lipinski definition) is 2. The van der Waals surface area contributed by atoms with Crippen LogP contribution >= 0.6 is 34.5 Å². The maximum atomic E-state index is 12.7. The van der Waals surface area contributed by atoms with E-state index in [1.165, 1.54) is 11.3 Å². The number of fused-ring (bicyclic) bond motifs is 1. The molecule has 2 N–H and O–H groups in total. The van der Waals surface area contributed by atoms with E-state index >= 15 is 0 Å². The lowest BCUT2D eigenvalue weighted by molar-refractivity contribution is 0.0993. The molecule has 4 rings (SSSR count). The number of amides is 3. The molecule has 3 amide bonds. The molecule has 1 aliphatic heterocycles. The first-order valence-electron chi connectivity index (χ1n) is 8.52. The third-order valence-electron chi connectivity index (χ3n) is 4.39. The maximum absolute atomic E-state index is 12.7. The minimum absolute atomic E-state index is 0.0221. The van der Waals surface area contributed by atoms with Crippen molar-refractivity contribution in [3.63, 3.8) is 0 Å². The highest BCUT2D eigenvalue weighted by Crippen LogP contribution is 2.33. The fourth-order valence-corrected chi connectivity index (χ4v) is 4.04. The monoisotopic (exact) mass is 431 g/mol. The van der Waals surface area contributed by atoms with E-state index in [1.54, 1.807) is 23.1 Å². The van der Waals surface area contributed by atoms with Gasteiger partial charge in [0.2, 0.25) is 0 Å². The van der Waals surface area contributed by atoms with Gasteiger partial charge in [0.1, 0.15) is 0 Å². The Morgan fingerprint density at radius 2 is 1.71 bits per heavy atom. The lowest BCUT2D eigenvalue weighted by Crippen LogP contribution is -2.28. The van der Waals surface area contributed by atoms with Crippen LogP contribution < -0.4 is 15.5 Å². The number of halogens is 2. The van der Waals surface area contributed by atoms with Crippen LogP contribution in [0.3, 0.4) is 0 Å². The standard InChI is InChI=1S/C20H15Cl2N3O2S/c21-15-6-5-13(10-16(15)22)23-20(27)24-14-4-3-12-7-8-25(17(12)11-14)19(26)18-2-1-9-28-18/h1-6,9-11H,7-8H2,(H2,23,24,27). The molecule has 0 aliphatic carbocycles. The second-order valence-corrected chi connectivity index (χ2v) is 8.00. The van der Waals surface area contributed by atoms with Crippen molar-refractivity contribution in [2.75, 3.05) is 22.1 Å². The smallest absolute Gasteiger partial charge is 0.308 e. The van der Waals surface area contributed by atoms with Gasteiger partial charge in [-0.2, -0.15) is 0 Å². The summed E-state index contributed by atoms with van der Waals surface area (Å²) in [7, 11) is 0. The molecule has 1 aliphatic rings. The van der Waals surface area contributed by atoms with Crippen molar-refractivity contribution in [1.82, 2.24) is 0 Å². The van der Waals surface area contributed by atoms with E-state index in [0.717, 1.165) is 17.7 Å². The topological polar surface area (TPSA) is 61.4 Å². The summed E-state index contributed by atoms with van der Waals surface area (Å²) >= 11 is 13.3. The van der Waals surface area contributed by atoms with Crippen LogP contribution in [0.25, 0.3) is 0 Å². The Kier molecular flexibility index (Phi) is 5.26. The molecule has 0 unspecified atom stereocenters.